The smallest absolute Gasteiger partial charge is 0.343 e. The van der Waals surface area contributed by atoms with Gasteiger partial charge in [-0.15, -0.1) is 0 Å². The number of rotatable bonds is 22. The number of ether oxygens (including phenoxy) is 5. The van der Waals surface area contributed by atoms with Crippen molar-refractivity contribution >= 4 is 71.1 Å². The third-order valence-corrected chi connectivity index (χ3v) is 14.7. The van der Waals surface area contributed by atoms with E-state index in [4.69, 9.17) is 33.8 Å². The van der Waals surface area contributed by atoms with Crippen LogP contribution >= 0.6 is 27.3 Å². The zero-order chi connectivity index (χ0) is 47.7. The van der Waals surface area contributed by atoms with Crippen LogP contribution in [0, 0.1) is 11.8 Å². The Labute approximate surface area is 418 Å². The lowest BCUT2D eigenvalue weighted by Gasteiger charge is -2.28. The van der Waals surface area contributed by atoms with Crippen LogP contribution in [-0.2, 0) is 14.2 Å². The number of esters is 1. The molecule has 9 rings (SSSR count). The molecule has 9 nitrogen and oxygen atoms in total. The largest absolute Gasteiger partial charge is 0.494 e. The van der Waals surface area contributed by atoms with E-state index in [0.717, 1.165) is 84.6 Å². The fourth-order valence-electron chi connectivity index (χ4n) is 8.76. The number of hydrogen-bond acceptors (Lipinski definition) is 10. The van der Waals surface area contributed by atoms with Crippen molar-refractivity contribution in [3.05, 3.63) is 160 Å². The summed E-state index contributed by atoms with van der Waals surface area (Å²) in [6.07, 6.45) is 20.4. The maximum absolute atomic E-state index is 13.3. The number of halogens is 1. The lowest BCUT2D eigenvalue weighted by Crippen LogP contribution is -2.18. The van der Waals surface area contributed by atoms with E-state index >= 15 is 0 Å². The number of allylic oxidation sites excluding steroid dienone is 7. The number of carbonyl (C=O) groups excluding carboxylic acids is 1. The Morgan fingerprint density at radius 3 is 2.39 bits per heavy atom. The lowest BCUT2D eigenvalue weighted by molar-refractivity contribution is 0.0433. The molecule has 1 aliphatic heterocycles. The predicted molar refractivity (Wildman–Crippen MR) is 285 cm³/mol. The van der Waals surface area contributed by atoms with Gasteiger partial charge in [0.05, 0.1) is 41.8 Å². The van der Waals surface area contributed by atoms with Crippen molar-refractivity contribution in [1.82, 2.24) is 4.98 Å². The number of hydrogen-bond donors (Lipinski definition) is 0. The average Bonchev–Trinajstić information content (AvgIpc) is 3.74. The van der Waals surface area contributed by atoms with E-state index in [2.05, 4.69) is 119 Å². The number of carbonyl (C=O) groups is 1. The highest BCUT2D eigenvalue weighted by molar-refractivity contribution is 9.11. The summed E-state index contributed by atoms with van der Waals surface area (Å²) >= 11 is 5.51. The van der Waals surface area contributed by atoms with Crippen LogP contribution in [0.2, 0.25) is 0 Å². The van der Waals surface area contributed by atoms with Crippen LogP contribution in [-0.4, -0.2) is 55.4 Å². The maximum Gasteiger partial charge on any atom is 0.343 e. The fourth-order valence-corrected chi connectivity index (χ4v) is 10.4. The van der Waals surface area contributed by atoms with Gasteiger partial charge in [0.1, 0.15) is 22.9 Å². The van der Waals surface area contributed by atoms with E-state index in [-0.39, 0.29) is 23.7 Å². The predicted octanol–water partition coefficient (Wildman–Crippen LogP) is 14.9. The number of unbranched alkanes of at least 4 members (excludes halogenated alkanes) is 5. The van der Waals surface area contributed by atoms with Gasteiger partial charge in [0.2, 0.25) is 5.13 Å². The standard InChI is InChI=1S/C58H60BrN3O6S/c1-5-7-8-9-10-13-33-62(57-61-54-50-16-12-11-15-39(50)24-32-52(54)69-57)60-38-45-37-43(21-29-48(45)40-17-25-46(26-18-40)64-6-2)42-22-30-49-44(36-42)23-31-51(53(49)59)67-55(63)41-19-27-47(28-20-41)65-34-14-35-66-56-58(3,4)68-56/h11-12,15-32,36-38,44,49,56H,5-10,13-14,33-35H2,1-4H3/b60-38+. The first kappa shape index (κ1) is 48.2. The van der Waals surface area contributed by atoms with Crippen LogP contribution < -0.4 is 14.5 Å². The summed E-state index contributed by atoms with van der Waals surface area (Å²) in [6, 6.07) is 34.8. The highest BCUT2D eigenvalue weighted by Gasteiger charge is 2.49. The van der Waals surface area contributed by atoms with Crippen molar-refractivity contribution in [1.29, 1.82) is 0 Å². The van der Waals surface area contributed by atoms with Crippen LogP contribution in [0.3, 0.4) is 0 Å². The van der Waals surface area contributed by atoms with Crippen molar-refractivity contribution in [2.45, 2.75) is 84.5 Å². The van der Waals surface area contributed by atoms with Crippen LogP contribution in [0.5, 0.6) is 11.5 Å². The number of hydrazone groups is 1. The summed E-state index contributed by atoms with van der Waals surface area (Å²) in [5.41, 5.74) is 6.60. The molecule has 3 atom stereocenters. The summed E-state index contributed by atoms with van der Waals surface area (Å²) < 4.78 is 30.7. The van der Waals surface area contributed by atoms with Crippen LogP contribution in [0.25, 0.3) is 37.7 Å². The first-order chi connectivity index (χ1) is 33.7. The maximum atomic E-state index is 13.3. The van der Waals surface area contributed by atoms with Gasteiger partial charge < -0.3 is 23.7 Å². The zero-order valence-electron chi connectivity index (χ0n) is 39.9. The van der Waals surface area contributed by atoms with Crippen molar-refractivity contribution in [2.24, 2.45) is 16.9 Å². The molecule has 2 aliphatic carbocycles. The molecular weight excluding hydrogens is 947 g/mol. The number of nitrogens with zero attached hydrogens (tertiary/aromatic N) is 3. The summed E-state index contributed by atoms with van der Waals surface area (Å²) in [7, 11) is 0. The van der Waals surface area contributed by atoms with Gasteiger partial charge in [-0.1, -0.05) is 145 Å². The first-order valence-corrected chi connectivity index (χ1v) is 26.0. The Bertz CT molecular complexity index is 2920. The van der Waals surface area contributed by atoms with Gasteiger partial charge in [-0.25, -0.2) is 14.8 Å². The summed E-state index contributed by atoms with van der Waals surface area (Å²) in [6.45, 7) is 10.7. The minimum Gasteiger partial charge on any atom is -0.494 e. The van der Waals surface area contributed by atoms with Gasteiger partial charge in [0, 0.05) is 40.2 Å². The molecule has 0 bridgehead atoms. The second kappa shape index (κ2) is 22.3. The van der Waals surface area contributed by atoms with Crippen LogP contribution in [0.1, 0.15) is 94.1 Å². The minimum atomic E-state index is -0.433. The zero-order valence-corrected chi connectivity index (χ0v) is 42.3. The molecule has 6 aromatic rings. The van der Waals surface area contributed by atoms with E-state index in [1.54, 1.807) is 35.6 Å². The third kappa shape index (κ3) is 11.8. The molecule has 69 heavy (non-hydrogen) atoms. The van der Waals surface area contributed by atoms with E-state index in [1.807, 2.05) is 45.2 Å². The first-order valence-electron chi connectivity index (χ1n) is 24.4. The number of epoxide rings is 1. The van der Waals surface area contributed by atoms with Gasteiger partial charge in [-0.2, -0.15) is 5.10 Å². The molecule has 0 spiro atoms. The van der Waals surface area contributed by atoms with Gasteiger partial charge in [-0.3, -0.25) is 0 Å². The Morgan fingerprint density at radius 1 is 0.841 bits per heavy atom. The lowest BCUT2D eigenvalue weighted by atomic mass is 9.81. The molecule has 1 saturated heterocycles. The highest BCUT2D eigenvalue weighted by atomic mass is 79.9. The SMILES string of the molecule is CCCCCCCCN(/N=C/c1cc(C2=CC3C=CC(OC(=O)c4ccc(OCCCOC5OC5(C)C)cc4)=C(Br)C3C=C2)ccc1-c1ccc(OCC)cc1)c1nc2c(ccc3ccccc32)s1. The molecule has 11 heteroatoms. The van der Waals surface area contributed by atoms with Crippen molar-refractivity contribution < 1.29 is 28.5 Å². The molecule has 2 heterocycles. The van der Waals surface area contributed by atoms with Gasteiger partial charge in [0.25, 0.3) is 0 Å². The molecule has 3 unspecified atom stereocenters. The van der Waals surface area contributed by atoms with Gasteiger partial charge in [0.15, 0.2) is 6.29 Å². The van der Waals surface area contributed by atoms with E-state index < -0.39 is 5.97 Å². The van der Waals surface area contributed by atoms with E-state index in [0.29, 0.717) is 36.9 Å². The molecule has 0 N–H and O–H groups in total. The molecule has 5 aromatic carbocycles. The normalized spacial score (nSPS) is 18.2. The van der Waals surface area contributed by atoms with Crippen molar-refractivity contribution in [3.63, 3.8) is 0 Å². The van der Waals surface area contributed by atoms with Gasteiger partial charge >= 0.3 is 5.97 Å². The quantitative estimate of drug-likeness (QED) is 0.0218. The molecular formula is C58H60BrN3O6S. The Balaban J connectivity index is 0.922. The van der Waals surface area contributed by atoms with Crippen molar-refractivity contribution in [3.8, 4) is 22.6 Å². The molecule has 356 valence electrons. The summed E-state index contributed by atoms with van der Waals surface area (Å²) in [5, 5.41) is 10.6. The second-order valence-corrected chi connectivity index (χ2v) is 20.1. The molecule has 0 radical (unpaired) electrons. The fraction of sp³-hybridized carbons (Fsp3) is 0.328. The van der Waals surface area contributed by atoms with E-state index in [1.165, 1.54) is 31.1 Å². The Morgan fingerprint density at radius 2 is 1.59 bits per heavy atom. The third-order valence-electron chi connectivity index (χ3n) is 12.7. The highest BCUT2D eigenvalue weighted by Crippen LogP contribution is 2.42. The number of aromatic nitrogens is 1. The summed E-state index contributed by atoms with van der Waals surface area (Å²) in [5.74, 6) is 1.61. The molecule has 1 aromatic heterocycles. The minimum absolute atomic E-state index is 0.0236. The Hall–Kier alpha value is -5.85. The molecule has 3 aliphatic rings. The van der Waals surface area contributed by atoms with Crippen LogP contribution in [0.15, 0.2) is 149 Å². The Kier molecular flexibility index (Phi) is 15.6. The number of fused-ring (bicyclic) bond motifs is 4. The van der Waals surface area contributed by atoms with Gasteiger partial charge in [-0.05, 0) is 109 Å². The number of anilines is 1. The second-order valence-electron chi connectivity index (χ2n) is 18.2. The average molecular weight is 1010 g/mol. The molecule has 0 amide bonds. The summed E-state index contributed by atoms with van der Waals surface area (Å²) in [4.78, 5) is 18.6. The van der Waals surface area contributed by atoms with Crippen molar-refractivity contribution in [2.75, 3.05) is 31.4 Å². The van der Waals surface area contributed by atoms with E-state index in [9.17, 15) is 4.79 Å². The van der Waals surface area contributed by atoms with Crippen LogP contribution in [0.4, 0.5) is 5.13 Å². The topological polar surface area (TPSA) is 95.0 Å². The number of benzene rings is 5. The molecule has 1 fully saturated rings. The monoisotopic (exact) mass is 1010 g/mol. The number of thiazole rings is 1. The molecule has 0 saturated carbocycles.